The van der Waals surface area contributed by atoms with E-state index in [4.69, 9.17) is 11.6 Å². The molecule has 23 heavy (non-hydrogen) atoms. The van der Waals surface area contributed by atoms with Gasteiger partial charge in [-0.05, 0) is 37.6 Å². The zero-order valence-corrected chi connectivity index (χ0v) is 15.5. The number of amides is 1. The zero-order chi connectivity index (χ0) is 17.0. The topological polar surface area (TPSA) is 57.0 Å². The highest BCUT2D eigenvalue weighted by molar-refractivity contribution is 8.00. The second-order valence-electron chi connectivity index (χ2n) is 5.12. The average molecular weight is 366 g/mol. The fraction of sp³-hybridized carbons (Fsp3) is 0.312. The van der Waals surface area contributed by atoms with Gasteiger partial charge in [-0.15, -0.1) is 11.3 Å². The van der Waals surface area contributed by atoms with Crippen LogP contribution in [0.3, 0.4) is 0 Å². The Balaban J connectivity index is 2.00. The highest BCUT2D eigenvalue weighted by Gasteiger charge is 2.14. The summed E-state index contributed by atoms with van der Waals surface area (Å²) in [4.78, 5) is 19.3. The van der Waals surface area contributed by atoms with Crippen molar-refractivity contribution in [2.24, 2.45) is 0 Å². The van der Waals surface area contributed by atoms with Crippen molar-refractivity contribution in [1.82, 2.24) is 9.88 Å². The highest BCUT2D eigenvalue weighted by Crippen LogP contribution is 2.25. The van der Waals surface area contributed by atoms with Crippen LogP contribution in [0.2, 0.25) is 4.34 Å². The van der Waals surface area contributed by atoms with Gasteiger partial charge < -0.3 is 4.90 Å². The Morgan fingerprint density at radius 3 is 2.83 bits per heavy atom. The molecule has 0 atom stereocenters. The molecule has 0 aliphatic rings. The second-order valence-corrected chi connectivity index (χ2v) is 7.88. The first-order chi connectivity index (χ1) is 10.9. The number of carbonyl (C=O) groups is 1. The van der Waals surface area contributed by atoms with Gasteiger partial charge in [0.15, 0.2) is 0 Å². The molecule has 0 radical (unpaired) electrons. The molecule has 0 unspecified atom stereocenters. The Morgan fingerprint density at radius 2 is 2.22 bits per heavy atom. The number of hydrogen-bond donors (Lipinski definition) is 0. The minimum absolute atomic E-state index is 0.00984. The lowest BCUT2D eigenvalue weighted by molar-refractivity contribution is -0.127. The van der Waals surface area contributed by atoms with Crippen LogP contribution in [0.15, 0.2) is 23.2 Å². The molecule has 2 aromatic rings. The predicted octanol–water partition coefficient (Wildman–Crippen LogP) is 4.04. The van der Waals surface area contributed by atoms with Crippen molar-refractivity contribution in [3.8, 4) is 6.07 Å². The van der Waals surface area contributed by atoms with Gasteiger partial charge in [0.2, 0.25) is 5.91 Å². The molecule has 0 bridgehead atoms. The monoisotopic (exact) mass is 365 g/mol. The van der Waals surface area contributed by atoms with Gasteiger partial charge in [-0.1, -0.05) is 23.4 Å². The lowest BCUT2D eigenvalue weighted by Gasteiger charge is -2.16. The van der Waals surface area contributed by atoms with Crippen molar-refractivity contribution in [2.75, 3.05) is 12.8 Å². The first kappa shape index (κ1) is 17.8. The number of pyridine rings is 1. The van der Waals surface area contributed by atoms with Crippen LogP contribution in [0.25, 0.3) is 0 Å². The molecule has 7 heteroatoms. The quantitative estimate of drug-likeness (QED) is 0.750. The lowest BCUT2D eigenvalue weighted by atomic mass is 10.1. The number of aromatic nitrogens is 1. The van der Waals surface area contributed by atoms with E-state index >= 15 is 0 Å². The number of carbonyl (C=O) groups excluding carboxylic acids is 1. The van der Waals surface area contributed by atoms with Crippen molar-refractivity contribution in [1.29, 1.82) is 5.26 Å². The van der Waals surface area contributed by atoms with Crippen molar-refractivity contribution in [3.05, 3.63) is 44.2 Å². The Bertz CT molecular complexity index is 767. The van der Waals surface area contributed by atoms with Gasteiger partial charge in [0.1, 0.15) is 11.1 Å². The summed E-state index contributed by atoms with van der Waals surface area (Å²) in [5.41, 5.74) is 2.27. The smallest absolute Gasteiger partial charge is 0.233 e. The fourth-order valence-electron chi connectivity index (χ4n) is 2.04. The van der Waals surface area contributed by atoms with Crippen LogP contribution in [0, 0.1) is 25.2 Å². The minimum atomic E-state index is -0.00984. The molecular formula is C16H16ClN3OS2. The standard InChI is InChI=1S/C16H16ClN3OS2/c1-10-6-11(2)19-16(13(10)7-18)22-9-15(21)20(3)8-12-4-5-14(17)23-12/h4-6H,8-9H2,1-3H3. The molecule has 2 heterocycles. The van der Waals surface area contributed by atoms with Crippen molar-refractivity contribution < 1.29 is 4.79 Å². The Kier molecular flexibility index (Phi) is 6.05. The zero-order valence-electron chi connectivity index (χ0n) is 13.1. The maximum Gasteiger partial charge on any atom is 0.233 e. The van der Waals surface area contributed by atoms with Gasteiger partial charge in [-0.25, -0.2) is 4.98 Å². The van der Waals surface area contributed by atoms with E-state index in [-0.39, 0.29) is 11.7 Å². The number of halogens is 1. The summed E-state index contributed by atoms with van der Waals surface area (Å²) in [5, 5.41) is 9.87. The number of thioether (sulfide) groups is 1. The second kappa shape index (κ2) is 7.82. The Hall–Kier alpha value is -1.55. The van der Waals surface area contributed by atoms with E-state index in [1.165, 1.54) is 23.1 Å². The SMILES string of the molecule is Cc1cc(C)c(C#N)c(SCC(=O)N(C)Cc2ccc(Cl)s2)n1. The van der Waals surface area contributed by atoms with Crippen LogP contribution >= 0.6 is 34.7 Å². The van der Waals surface area contributed by atoms with E-state index in [1.807, 2.05) is 32.0 Å². The maximum absolute atomic E-state index is 12.3. The first-order valence-corrected chi connectivity index (χ1v) is 9.08. The predicted molar refractivity (Wildman–Crippen MR) is 95.0 cm³/mol. The van der Waals surface area contributed by atoms with E-state index < -0.39 is 0 Å². The average Bonchev–Trinajstić information content (AvgIpc) is 2.89. The highest BCUT2D eigenvalue weighted by atomic mass is 35.5. The molecule has 0 aliphatic heterocycles. The van der Waals surface area contributed by atoms with E-state index in [0.29, 0.717) is 21.5 Å². The lowest BCUT2D eigenvalue weighted by Crippen LogP contribution is -2.27. The number of thiophene rings is 1. The number of nitrogens with zero attached hydrogens (tertiary/aromatic N) is 3. The van der Waals surface area contributed by atoms with Crippen molar-refractivity contribution >= 4 is 40.6 Å². The summed E-state index contributed by atoms with van der Waals surface area (Å²) in [6.45, 7) is 4.29. The number of rotatable bonds is 5. The molecule has 4 nitrogen and oxygen atoms in total. The van der Waals surface area contributed by atoms with E-state index in [0.717, 1.165) is 16.1 Å². The normalized spacial score (nSPS) is 10.4. The Morgan fingerprint density at radius 1 is 1.48 bits per heavy atom. The van der Waals surface area contributed by atoms with Gasteiger partial charge in [0, 0.05) is 17.6 Å². The van der Waals surface area contributed by atoms with Crippen molar-refractivity contribution in [2.45, 2.75) is 25.4 Å². The fourth-order valence-corrected chi connectivity index (χ4v) is 4.22. The van der Waals surface area contributed by atoms with Crippen LogP contribution in [0.5, 0.6) is 0 Å². The molecule has 0 N–H and O–H groups in total. The van der Waals surface area contributed by atoms with Crippen LogP contribution in [-0.4, -0.2) is 28.6 Å². The third-order valence-corrected chi connectivity index (χ3v) is 5.38. The summed E-state index contributed by atoms with van der Waals surface area (Å²) in [7, 11) is 1.76. The number of aryl methyl sites for hydroxylation is 2. The van der Waals surface area contributed by atoms with Gasteiger partial charge in [-0.2, -0.15) is 5.26 Å². The number of nitriles is 1. The third kappa shape index (κ3) is 4.71. The van der Waals surface area contributed by atoms with E-state index in [9.17, 15) is 10.1 Å². The summed E-state index contributed by atoms with van der Waals surface area (Å²) in [5.74, 6) is 0.240. The Labute approximate surface area is 149 Å². The van der Waals surface area contributed by atoms with Gasteiger partial charge >= 0.3 is 0 Å². The van der Waals surface area contributed by atoms with Crippen LogP contribution < -0.4 is 0 Å². The molecule has 120 valence electrons. The minimum Gasteiger partial charge on any atom is -0.340 e. The first-order valence-electron chi connectivity index (χ1n) is 6.90. The van der Waals surface area contributed by atoms with Gasteiger partial charge in [0.25, 0.3) is 0 Å². The molecule has 0 aliphatic carbocycles. The number of hydrogen-bond acceptors (Lipinski definition) is 5. The van der Waals surface area contributed by atoms with Crippen LogP contribution in [0.4, 0.5) is 0 Å². The molecule has 0 spiro atoms. The van der Waals surface area contributed by atoms with Crippen LogP contribution in [-0.2, 0) is 11.3 Å². The molecule has 0 saturated heterocycles. The molecule has 0 aromatic carbocycles. The van der Waals surface area contributed by atoms with Gasteiger partial charge in [0.05, 0.1) is 22.2 Å². The van der Waals surface area contributed by atoms with Gasteiger partial charge in [-0.3, -0.25) is 4.79 Å². The van der Waals surface area contributed by atoms with Crippen LogP contribution in [0.1, 0.15) is 21.7 Å². The summed E-state index contributed by atoms with van der Waals surface area (Å²) < 4.78 is 0.716. The molecule has 1 amide bonds. The molecule has 0 fully saturated rings. The molecule has 2 rings (SSSR count). The summed E-state index contributed by atoms with van der Waals surface area (Å²) in [6.07, 6.45) is 0. The third-order valence-electron chi connectivity index (χ3n) is 3.20. The maximum atomic E-state index is 12.3. The summed E-state index contributed by atoms with van der Waals surface area (Å²) >= 11 is 8.67. The largest absolute Gasteiger partial charge is 0.340 e. The molecule has 2 aromatic heterocycles. The van der Waals surface area contributed by atoms with Crippen molar-refractivity contribution in [3.63, 3.8) is 0 Å². The van der Waals surface area contributed by atoms with E-state index in [1.54, 1.807) is 11.9 Å². The summed E-state index contributed by atoms with van der Waals surface area (Å²) in [6, 6.07) is 7.78. The molecule has 0 saturated carbocycles. The van der Waals surface area contributed by atoms with E-state index in [2.05, 4.69) is 11.1 Å². The molecular weight excluding hydrogens is 350 g/mol.